The molecule has 0 aromatic heterocycles. The molecule has 0 unspecified atom stereocenters. The van der Waals surface area contributed by atoms with Crippen molar-refractivity contribution in [2.75, 3.05) is 18.1 Å². The molecule has 2 heterocycles. The van der Waals surface area contributed by atoms with E-state index in [1.54, 1.807) is 11.8 Å². The molecule has 1 saturated heterocycles. The lowest BCUT2D eigenvalue weighted by molar-refractivity contribution is -0.128. The van der Waals surface area contributed by atoms with Crippen LogP contribution in [0.4, 0.5) is 5.69 Å². The molecule has 0 bridgehead atoms. The van der Waals surface area contributed by atoms with Crippen molar-refractivity contribution in [3.05, 3.63) is 29.8 Å². The second kappa shape index (κ2) is 3.42. The minimum Gasteiger partial charge on any atom is -0.354 e. The second-order valence-electron chi connectivity index (χ2n) is 4.31. The molecule has 0 saturated carbocycles. The number of hydrogen-bond donors (Lipinski definition) is 1. The quantitative estimate of drug-likeness (QED) is 0.744. The Balaban J connectivity index is 1.96. The van der Waals surface area contributed by atoms with Gasteiger partial charge in [-0.05, 0) is 18.1 Å². The van der Waals surface area contributed by atoms with E-state index in [0.29, 0.717) is 5.75 Å². The van der Waals surface area contributed by atoms with Crippen molar-refractivity contribution >= 4 is 23.4 Å². The fourth-order valence-corrected chi connectivity index (χ4v) is 3.65. The van der Waals surface area contributed by atoms with Crippen LogP contribution in [0.2, 0.25) is 0 Å². The molecule has 3 nitrogen and oxygen atoms in total. The maximum Gasteiger partial charge on any atom is 0.234 e. The molecule has 1 N–H and O–H groups in total. The Labute approximate surface area is 99.2 Å². The summed E-state index contributed by atoms with van der Waals surface area (Å²) in [6.45, 7) is 0. The Bertz CT molecular complexity index is 448. The van der Waals surface area contributed by atoms with Crippen molar-refractivity contribution in [1.82, 2.24) is 4.90 Å². The summed E-state index contributed by atoms with van der Waals surface area (Å²) in [5.74, 6) is 0.808. The number of nitrogens with zero attached hydrogens (tertiary/aromatic N) is 1. The number of amides is 1. The van der Waals surface area contributed by atoms with Crippen LogP contribution in [0.1, 0.15) is 12.0 Å². The summed E-state index contributed by atoms with van der Waals surface area (Å²) in [5, 5.41) is 3.52. The molecule has 1 aromatic rings. The van der Waals surface area contributed by atoms with E-state index in [2.05, 4.69) is 23.5 Å². The number of benzene rings is 1. The average Bonchev–Trinajstić information content (AvgIpc) is 2.58. The van der Waals surface area contributed by atoms with E-state index in [1.165, 1.54) is 11.3 Å². The summed E-state index contributed by atoms with van der Waals surface area (Å²) in [5.41, 5.74) is 2.52. The molecule has 1 amide bonds. The zero-order valence-electron chi connectivity index (χ0n) is 9.19. The van der Waals surface area contributed by atoms with Crippen molar-refractivity contribution in [3.8, 4) is 0 Å². The molecule has 1 atom stereocenters. The number of aryl methyl sites for hydroxylation is 1. The van der Waals surface area contributed by atoms with E-state index < -0.39 is 0 Å². The molecule has 1 aromatic carbocycles. The summed E-state index contributed by atoms with van der Waals surface area (Å²) < 4.78 is 0. The highest BCUT2D eigenvalue weighted by molar-refractivity contribution is 8.01. The van der Waals surface area contributed by atoms with E-state index in [-0.39, 0.29) is 10.9 Å². The topological polar surface area (TPSA) is 32.3 Å². The number of para-hydroxylation sites is 1. The SMILES string of the molecule is CN1C(=O)CS[C@]12CCc1ccccc1N2. The summed E-state index contributed by atoms with van der Waals surface area (Å²) >= 11 is 1.71. The summed E-state index contributed by atoms with van der Waals surface area (Å²) in [6, 6.07) is 8.34. The van der Waals surface area contributed by atoms with Gasteiger partial charge >= 0.3 is 0 Å². The Morgan fingerprint density at radius 3 is 3.00 bits per heavy atom. The van der Waals surface area contributed by atoms with Gasteiger partial charge in [0.25, 0.3) is 0 Å². The third-order valence-corrected chi connectivity index (χ3v) is 4.88. The smallest absolute Gasteiger partial charge is 0.234 e. The van der Waals surface area contributed by atoms with Gasteiger partial charge in [0.2, 0.25) is 5.91 Å². The fourth-order valence-electron chi connectivity index (χ4n) is 2.37. The lowest BCUT2D eigenvalue weighted by atomic mass is 10.0. The summed E-state index contributed by atoms with van der Waals surface area (Å²) in [7, 11) is 1.89. The van der Waals surface area contributed by atoms with E-state index in [4.69, 9.17) is 0 Å². The number of carbonyl (C=O) groups is 1. The molecule has 1 spiro atoms. The first-order valence-corrected chi connectivity index (χ1v) is 6.46. The minimum absolute atomic E-state index is 0.203. The number of rotatable bonds is 0. The largest absolute Gasteiger partial charge is 0.354 e. The summed E-state index contributed by atoms with van der Waals surface area (Å²) in [6.07, 6.45) is 2.02. The highest BCUT2D eigenvalue weighted by atomic mass is 32.2. The van der Waals surface area contributed by atoms with Crippen LogP contribution in [-0.2, 0) is 11.2 Å². The van der Waals surface area contributed by atoms with Crippen LogP contribution < -0.4 is 5.32 Å². The first kappa shape index (κ1) is 10.0. The van der Waals surface area contributed by atoms with Crippen LogP contribution in [0.5, 0.6) is 0 Å². The third kappa shape index (κ3) is 1.33. The van der Waals surface area contributed by atoms with Gasteiger partial charge in [0.05, 0.1) is 5.75 Å². The lowest BCUT2D eigenvalue weighted by Crippen LogP contribution is -2.49. The molecule has 16 heavy (non-hydrogen) atoms. The molecule has 2 aliphatic heterocycles. The maximum atomic E-state index is 11.6. The predicted molar refractivity (Wildman–Crippen MR) is 66.3 cm³/mol. The van der Waals surface area contributed by atoms with Crippen LogP contribution in [0.25, 0.3) is 0 Å². The van der Waals surface area contributed by atoms with Crippen molar-refractivity contribution in [2.24, 2.45) is 0 Å². The van der Waals surface area contributed by atoms with Gasteiger partial charge in [-0.15, -0.1) is 11.8 Å². The second-order valence-corrected chi connectivity index (χ2v) is 5.56. The molecular formula is C12H14N2OS. The van der Waals surface area contributed by atoms with Gasteiger partial charge in [0.15, 0.2) is 4.99 Å². The standard InChI is InChI=1S/C12H14N2OS/c1-14-11(15)8-16-12(14)7-6-9-4-2-3-5-10(9)13-12/h2-5,13H,6-8H2,1H3/t12-/m0/s1. The predicted octanol–water partition coefficient (Wildman–Crippen LogP) is 1.90. The van der Waals surface area contributed by atoms with Gasteiger partial charge in [-0.3, -0.25) is 4.79 Å². The lowest BCUT2D eigenvalue weighted by Gasteiger charge is -2.40. The van der Waals surface area contributed by atoms with Gasteiger partial charge in [-0.1, -0.05) is 18.2 Å². The molecule has 4 heteroatoms. The molecule has 1 fully saturated rings. The Kier molecular flexibility index (Phi) is 2.14. The molecule has 0 aliphatic carbocycles. The van der Waals surface area contributed by atoms with E-state index in [0.717, 1.165) is 12.8 Å². The van der Waals surface area contributed by atoms with Crippen LogP contribution in [0, 0.1) is 0 Å². The monoisotopic (exact) mass is 234 g/mol. The Morgan fingerprint density at radius 2 is 2.25 bits per heavy atom. The van der Waals surface area contributed by atoms with Gasteiger partial charge in [0.1, 0.15) is 0 Å². The zero-order valence-corrected chi connectivity index (χ0v) is 10.0. The highest BCUT2D eigenvalue weighted by Crippen LogP contribution is 2.43. The Morgan fingerprint density at radius 1 is 1.44 bits per heavy atom. The van der Waals surface area contributed by atoms with Gasteiger partial charge in [-0.2, -0.15) is 0 Å². The summed E-state index contributed by atoms with van der Waals surface area (Å²) in [4.78, 5) is 13.3. The van der Waals surface area contributed by atoms with Crippen LogP contribution in [0.15, 0.2) is 24.3 Å². The number of nitrogens with one attached hydrogen (secondary N) is 1. The third-order valence-electron chi connectivity index (χ3n) is 3.43. The number of anilines is 1. The minimum atomic E-state index is -0.203. The van der Waals surface area contributed by atoms with Crippen molar-refractivity contribution in [2.45, 2.75) is 17.8 Å². The number of fused-ring (bicyclic) bond motifs is 1. The molecular weight excluding hydrogens is 220 g/mol. The number of carbonyl (C=O) groups excluding carboxylic acids is 1. The average molecular weight is 234 g/mol. The van der Waals surface area contributed by atoms with Gasteiger partial charge in [0, 0.05) is 19.2 Å². The van der Waals surface area contributed by atoms with Gasteiger partial charge in [-0.25, -0.2) is 0 Å². The van der Waals surface area contributed by atoms with Crippen LogP contribution in [0.3, 0.4) is 0 Å². The zero-order chi connectivity index (χ0) is 11.2. The van der Waals surface area contributed by atoms with Crippen molar-refractivity contribution in [3.63, 3.8) is 0 Å². The molecule has 2 aliphatic rings. The van der Waals surface area contributed by atoms with E-state index in [9.17, 15) is 4.79 Å². The maximum absolute atomic E-state index is 11.6. The molecule has 3 rings (SSSR count). The van der Waals surface area contributed by atoms with E-state index in [1.807, 2.05) is 18.0 Å². The van der Waals surface area contributed by atoms with Crippen LogP contribution >= 0.6 is 11.8 Å². The normalized spacial score (nSPS) is 28.1. The number of hydrogen-bond acceptors (Lipinski definition) is 3. The Hall–Kier alpha value is -1.16. The highest BCUT2D eigenvalue weighted by Gasteiger charge is 2.45. The molecule has 84 valence electrons. The first-order chi connectivity index (χ1) is 7.71. The van der Waals surface area contributed by atoms with Crippen molar-refractivity contribution in [1.29, 1.82) is 0 Å². The van der Waals surface area contributed by atoms with Gasteiger partial charge < -0.3 is 10.2 Å². The van der Waals surface area contributed by atoms with Crippen molar-refractivity contribution < 1.29 is 4.79 Å². The molecule has 0 radical (unpaired) electrons. The fraction of sp³-hybridized carbons (Fsp3) is 0.417. The van der Waals surface area contributed by atoms with E-state index >= 15 is 0 Å². The van der Waals surface area contributed by atoms with Crippen LogP contribution in [-0.4, -0.2) is 28.6 Å². The number of thioether (sulfide) groups is 1. The first-order valence-electron chi connectivity index (χ1n) is 5.48.